The van der Waals surface area contributed by atoms with E-state index in [4.69, 9.17) is 0 Å². The molecule has 32 heavy (non-hydrogen) atoms. The molecular formula is C26H29N3O2S. The number of rotatable bonds is 4. The Labute approximate surface area is 193 Å². The smallest absolute Gasteiger partial charge is 0.258 e. The van der Waals surface area contributed by atoms with Gasteiger partial charge in [-0.05, 0) is 67.3 Å². The second-order valence-corrected chi connectivity index (χ2v) is 10.6. The molecule has 1 aliphatic rings. The van der Waals surface area contributed by atoms with Gasteiger partial charge >= 0.3 is 0 Å². The van der Waals surface area contributed by atoms with Crippen molar-refractivity contribution in [3.8, 4) is 0 Å². The third kappa shape index (κ3) is 4.75. The molecule has 0 saturated heterocycles. The largest absolute Gasteiger partial charge is 0.322 e. The van der Waals surface area contributed by atoms with E-state index >= 15 is 0 Å². The SMILES string of the molecule is Cc1ccc(NC(=O)c2c(NC(=O)c3cccnc3)sc3c2CC[C@H](C(C)(C)C)C3)cc1. The van der Waals surface area contributed by atoms with Gasteiger partial charge in [-0.15, -0.1) is 11.3 Å². The standard InChI is InChI=1S/C26H29N3O2S/c1-16-7-10-19(11-8-16)28-24(31)22-20-12-9-18(26(2,3)4)14-21(20)32-25(22)29-23(30)17-6-5-13-27-15-17/h5-8,10-11,13,15,18H,9,12,14H2,1-4H3,(H,28,31)(H,29,30)/t18-/m0/s1. The maximum absolute atomic E-state index is 13.4. The van der Waals surface area contributed by atoms with Crippen molar-refractivity contribution in [3.63, 3.8) is 0 Å². The number of benzene rings is 1. The van der Waals surface area contributed by atoms with Crippen molar-refractivity contribution in [1.82, 2.24) is 4.98 Å². The molecule has 0 saturated carbocycles. The molecule has 0 unspecified atom stereocenters. The number of amides is 2. The van der Waals surface area contributed by atoms with Gasteiger partial charge in [0.05, 0.1) is 11.1 Å². The number of carbonyl (C=O) groups is 2. The van der Waals surface area contributed by atoms with Crippen LogP contribution >= 0.6 is 11.3 Å². The average Bonchev–Trinajstić information content (AvgIpc) is 3.12. The zero-order valence-corrected chi connectivity index (χ0v) is 19.8. The van der Waals surface area contributed by atoms with Crippen LogP contribution in [0.15, 0.2) is 48.8 Å². The normalized spacial score (nSPS) is 15.7. The Bertz CT molecular complexity index is 1130. The van der Waals surface area contributed by atoms with Crippen LogP contribution in [-0.4, -0.2) is 16.8 Å². The number of carbonyl (C=O) groups excluding carboxylic acids is 2. The fourth-order valence-corrected chi connectivity index (χ4v) is 5.48. The molecule has 1 aromatic carbocycles. The maximum Gasteiger partial charge on any atom is 0.258 e. The Morgan fingerprint density at radius 2 is 1.81 bits per heavy atom. The van der Waals surface area contributed by atoms with Crippen LogP contribution in [0.4, 0.5) is 10.7 Å². The van der Waals surface area contributed by atoms with Crippen LogP contribution in [0, 0.1) is 18.3 Å². The second kappa shape index (κ2) is 8.87. The lowest BCUT2D eigenvalue weighted by molar-refractivity contribution is 0.102. The summed E-state index contributed by atoms with van der Waals surface area (Å²) >= 11 is 1.53. The van der Waals surface area contributed by atoms with Gasteiger partial charge in [0.1, 0.15) is 5.00 Å². The third-order valence-corrected chi connectivity index (χ3v) is 7.35. The average molecular weight is 448 g/mol. The van der Waals surface area contributed by atoms with Crippen LogP contribution < -0.4 is 10.6 Å². The first kappa shape index (κ1) is 22.2. The summed E-state index contributed by atoms with van der Waals surface area (Å²) in [5.41, 5.74) is 4.21. The minimum absolute atomic E-state index is 0.179. The molecule has 0 radical (unpaired) electrons. The minimum atomic E-state index is -0.256. The molecule has 1 atom stereocenters. The van der Waals surface area contributed by atoms with E-state index in [0.717, 1.165) is 36.1 Å². The second-order valence-electron chi connectivity index (χ2n) is 9.53. The van der Waals surface area contributed by atoms with Crippen LogP contribution in [0.2, 0.25) is 0 Å². The van der Waals surface area contributed by atoms with Crippen LogP contribution in [-0.2, 0) is 12.8 Å². The van der Waals surface area contributed by atoms with E-state index in [1.54, 1.807) is 18.3 Å². The van der Waals surface area contributed by atoms with Crippen LogP contribution in [0.5, 0.6) is 0 Å². The molecule has 2 aromatic heterocycles. The van der Waals surface area contributed by atoms with Crippen molar-refractivity contribution in [2.45, 2.75) is 47.0 Å². The summed E-state index contributed by atoms with van der Waals surface area (Å²) in [6, 6.07) is 11.2. The van der Waals surface area contributed by atoms with E-state index in [1.165, 1.54) is 22.4 Å². The lowest BCUT2D eigenvalue weighted by Gasteiger charge is -2.33. The topological polar surface area (TPSA) is 71.1 Å². The minimum Gasteiger partial charge on any atom is -0.322 e. The number of aryl methyl sites for hydroxylation is 1. The molecule has 4 rings (SSSR count). The summed E-state index contributed by atoms with van der Waals surface area (Å²) in [6.07, 6.45) is 5.97. The van der Waals surface area contributed by atoms with Crippen molar-refractivity contribution in [2.24, 2.45) is 11.3 Å². The number of thiophene rings is 1. The fraction of sp³-hybridized carbons (Fsp3) is 0.346. The summed E-state index contributed by atoms with van der Waals surface area (Å²) in [6.45, 7) is 8.82. The number of fused-ring (bicyclic) bond motifs is 1. The van der Waals surface area contributed by atoms with Gasteiger partial charge in [-0.1, -0.05) is 38.5 Å². The number of nitrogens with zero attached hydrogens (tertiary/aromatic N) is 1. The monoisotopic (exact) mass is 447 g/mol. The maximum atomic E-state index is 13.4. The summed E-state index contributed by atoms with van der Waals surface area (Å²) in [4.78, 5) is 31.5. The Hall–Kier alpha value is -2.99. The molecule has 0 bridgehead atoms. The molecule has 0 spiro atoms. The zero-order valence-electron chi connectivity index (χ0n) is 19.0. The van der Waals surface area contributed by atoms with Crippen LogP contribution in [0.3, 0.4) is 0 Å². The molecular weight excluding hydrogens is 418 g/mol. The molecule has 5 nitrogen and oxygen atoms in total. The molecule has 0 fully saturated rings. The van der Waals surface area contributed by atoms with Gasteiger partial charge < -0.3 is 10.6 Å². The predicted molar refractivity (Wildman–Crippen MR) is 131 cm³/mol. The number of nitrogens with one attached hydrogen (secondary N) is 2. The van der Waals surface area contributed by atoms with Gasteiger partial charge in [-0.2, -0.15) is 0 Å². The predicted octanol–water partition coefficient (Wildman–Crippen LogP) is 6.11. The molecule has 3 aromatic rings. The Morgan fingerprint density at radius 3 is 2.47 bits per heavy atom. The van der Waals surface area contributed by atoms with Crippen LogP contribution in [0.1, 0.15) is 63.9 Å². The summed E-state index contributed by atoms with van der Waals surface area (Å²) < 4.78 is 0. The Morgan fingerprint density at radius 1 is 1.06 bits per heavy atom. The van der Waals surface area contributed by atoms with Crippen LogP contribution in [0.25, 0.3) is 0 Å². The van der Waals surface area contributed by atoms with Crippen molar-refractivity contribution >= 4 is 33.8 Å². The molecule has 6 heteroatoms. The highest BCUT2D eigenvalue weighted by molar-refractivity contribution is 7.17. The van der Waals surface area contributed by atoms with Gasteiger partial charge in [-0.25, -0.2) is 0 Å². The summed E-state index contributed by atoms with van der Waals surface area (Å²) in [5.74, 6) is 0.110. The number of anilines is 2. The first-order chi connectivity index (χ1) is 15.2. The summed E-state index contributed by atoms with van der Waals surface area (Å²) in [5, 5.41) is 6.63. The van der Waals surface area contributed by atoms with Gasteiger partial charge in [0.25, 0.3) is 11.8 Å². The molecule has 2 N–H and O–H groups in total. The van der Waals surface area contributed by atoms with Crippen molar-refractivity contribution in [1.29, 1.82) is 0 Å². The number of aromatic nitrogens is 1. The van der Waals surface area contributed by atoms with E-state index in [0.29, 0.717) is 22.0 Å². The van der Waals surface area contributed by atoms with Gasteiger partial charge in [0.2, 0.25) is 0 Å². The highest BCUT2D eigenvalue weighted by atomic mass is 32.1. The van der Waals surface area contributed by atoms with Gasteiger partial charge in [0.15, 0.2) is 0 Å². The lowest BCUT2D eigenvalue weighted by Crippen LogP contribution is -2.27. The number of hydrogen-bond donors (Lipinski definition) is 2. The molecule has 1 aliphatic carbocycles. The van der Waals surface area contributed by atoms with E-state index in [-0.39, 0.29) is 17.2 Å². The lowest BCUT2D eigenvalue weighted by atomic mass is 9.72. The highest BCUT2D eigenvalue weighted by Crippen LogP contribution is 2.44. The zero-order chi connectivity index (χ0) is 22.9. The molecule has 166 valence electrons. The highest BCUT2D eigenvalue weighted by Gasteiger charge is 2.34. The van der Waals surface area contributed by atoms with Gasteiger partial charge in [-0.3, -0.25) is 14.6 Å². The third-order valence-electron chi connectivity index (χ3n) is 6.18. The van der Waals surface area contributed by atoms with Crippen molar-refractivity contribution < 1.29 is 9.59 Å². The summed E-state index contributed by atoms with van der Waals surface area (Å²) in [7, 11) is 0. The van der Waals surface area contributed by atoms with Gasteiger partial charge in [0, 0.05) is 23.0 Å². The van der Waals surface area contributed by atoms with E-state index in [9.17, 15) is 9.59 Å². The molecule has 0 aliphatic heterocycles. The van der Waals surface area contributed by atoms with E-state index < -0.39 is 0 Å². The Kier molecular flexibility index (Phi) is 6.15. The van der Waals surface area contributed by atoms with Crippen molar-refractivity contribution in [3.05, 3.63) is 75.9 Å². The van der Waals surface area contributed by atoms with Crippen molar-refractivity contribution in [2.75, 3.05) is 10.6 Å². The molecule has 2 heterocycles. The molecule has 2 amide bonds. The first-order valence-electron chi connectivity index (χ1n) is 11.0. The van der Waals surface area contributed by atoms with E-state index in [2.05, 4.69) is 36.4 Å². The fourth-order valence-electron chi connectivity index (χ4n) is 4.16. The quantitative estimate of drug-likeness (QED) is 0.507. The first-order valence-corrected chi connectivity index (χ1v) is 11.8. The number of hydrogen-bond acceptors (Lipinski definition) is 4. The Balaban J connectivity index is 1.68. The van der Waals surface area contributed by atoms with E-state index in [1.807, 2.05) is 31.2 Å². The number of pyridine rings is 1.